The van der Waals surface area contributed by atoms with Gasteiger partial charge in [-0.3, -0.25) is 4.79 Å². The minimum absolute atomic E-state index is 0.106. The zero-order valence-corrected chi connectivity index (χ0v) is 8.12. The smallest absolute Gasteiger partial charge is 0.222 e. The number of hydrogen-bond acceptors (Lipinski definition) is 2. The third-order valence-electron chi connectivity index (χ3n) is 2.23. The van der Waals surface area contributed by atoms with Crippen LogP contribution in [0.1, 0.15) is 26.2 Å². The molecular weight excluding hydrogens is 166 g/mol. The molecule has 0 aromatic carbocycles. The van der Waals surface area contributed by atoms with Gasteiger partial charge in [0.1, 0.15) is 0 Å². The lowest BCUT2D eigenvalue weighted by molar-refractivity contribution is -0.131. The van der Waals surface area contributed by atoms with E-state index in [-0.39, 0.29) is 12.5 Å². The minimum Gasteiger partial charge on any atom is -0.396 e. The zero-order chi connectivity index (χ0) is 9.68. The number of amides is 1. The molecule has 0 aromatic heterocycles. The molecule has 0 fully saturated rings. The van der Waals surface area contributed by atoms with E-state index in [0.29, 0.717) is 12.8 Å². The first-order valence-corrected chi connectivity index (χ1v) is 4.78. The molecule has 1 aliphatic heterocycles. The molecule has 1 rings (SSSR count). The van der Waals surface area contributed by atoms with E-state index in [1.54, 1.807) is 0 Å². The highest BCUT2D eigenvalue weighted by Gasteiger charge is 2.15. The van der Waals surface area contributed by atoms with Crippen LogP contribution in [0.2, 0.25) is 0 Å². The van der Waals surface area contributed by atoms with E-state index in [1.807, 2.05) is 11.8 Å². The van der Waals surface area contributed by atoms with Gasteiger partial charge in [0.25, 0.3) is 0 Å². The second-order valence-corrected chi connectivity index (χ2v) is 3.48. The highest BCUT2D eigenvalue weighted by Crippen LogP contribution is 2.10. The number of carbonyl (C=O) groups excluding carboxylic acids is 1. The molecule has 3 heteroatoms. The highest BCUT2D eigenvalue weighted by atomic mass is 16.3. The molecule has 0 radical (unpaired) electrons. The van der Waals surface area contributed by atoms with Gasteiger partial charge in [-0.15, -0.1) is 0 Å². The zero-order valence-electron chi connectivity index (χ0n) is 8.12. The Labute approximate surface area is 79.0 Å². The third kappa shape index (κ3) is 3.19. The van der Waals surface area contributed by atoms with Crippen LogP contribution < -0.4 is 0 Å². The molecule has 0 aliphatic carbocycles. The molecule has 1 heterocycles. The molecule has 0 unspecified atom stereocenters. The second kappa shape index (κ2) is 5.02. The summed E-state index contributed by atoms with van der Waals surface area (Å²) in [5.74, 6) is 0.168. The summed E-state index contributed by atoms with van der Waals surface area (Å²) in [5.41, 5.74) is 1.27. The van der Waals surface area contributed by atoms with Crippen molar-refractivity contribution in [2.45, 2.75) is 26.2 Å². The van der Waals surface area contributed by atoms with Gasteiger partial charge in [-0.05, 0) is 19.8 Å². The number of aliphatic hydroxyl groups excluding tert-OH is 1. The fourth-order valence-electron chi connectivity index (χ4n) is 1.51. The average molecular weight is 183 g/mol. The predicted molar refractivity (Wildman–Crippen MR) is 51.3 cm³/mol. The van der Waals surface area contributed by atoms with Crippen LogP contribution in [-0.2, 0) is 4.79 Å². The molecule has 1 N–H and O–H groups in total. The fraction of sp³-hybridized carbons (Fsp3) is 0.700. The van der Waals surface area contributed by atoms with E-state index in [2.05, 4.69) is 6.08 Å². The molecule has 0 saturated carbocycles. The van der Waals surface area contributed by atoms with Crippen LogP contribution in [-0.4, -0.2) is 35.6 Å². The summed E-state index contributed by atoms with van der Waals surface area (Å²) in [6.45, 7) is 3.76. The van der Waals surface area contributed by atoms with Crippen LogP contribution in [0.4, 0.5) is 0 Å². The molecule has 1 amide bonds. The van der Waals surface area contributed by atoms with Gasteiger partial charge in [0.05, 0.1) is 0 Å². The Morgan fingerprint density at radius 1 is 1.69 bits per heavy atom. The lowest BCUT2D eigenvalue weighted by atomic mass is 10.1. The molecule has 0 atom stereocenters. The van der Waals surface area contributed by atoms with Gasteiger partial charge < -0.3 is 10.0 Å². The van der Waals surface area contributed by atoms with Gasteiger partial charge in [0.15, 0.2) is 0 Å². The lowest BCUT2D eigenvalue weighted by Crippen LogP contribution is -2.35. The van der Waals surface area contributed by atoms with E-state index in [9.17, 15) is 4.79 Å². The second-order valence-electron chi connectivity index (χ2n) is 3.48. The predicted octanol–water partition coefficient (Wildman–Crippen LogP) is 0.938. The van der Waals surface area contributed by atoms with Crippen LogP contribution >= 0.6 is 0 Å². The standard InChI is InChI=1S/C10H17NO2/c1-9-4-2-6-11(8-9)10(13)5-3-7-12/h4,12H,2-3,5-8H2,1H3. The first-order valence-electron chi connectivity index (χ1n) is 4.78. The van der Waals surface area contributed by atoms with Crippen LogP contribution in [0, 0.1) is 0 Å². The van der Waals surface area contributed by atoms with Crippen LogP contribution in [0.5, 0.6) is 0 Å². The Hall–Kier alpha value is -0.830. The molecular formula is C10H17NO2. The largest absolute Gasteiger partial charge is 0.396 e. The van der Waals surface area contributed by atoms with Crippen molar-refractivity contribution in [3.63, 3.8) is 0 Å². The molecule has 0 aromatic rings. The first-order chi connectivity index (χ1) is 6.24. The summed E-state index contributed by atoms with van der Waals surface area (Å²) in [7, 11) is 0. The van der Waals surface area contributed by atoms with Crippen LogP contribution in [0.3, 0.4) is 0 Å². The maximum Gasteiger partial charge on any atom is 0.222 e. The van der Waals surface area contributed by atoms with Crippen molar-refractivity contribution in [2.75, 3.05) is 19.7 Å². The van der Waals surface area contributed by atoms with E-state index in [4.69, 9.17) is 5.11 Å². The molecule has 13 heavy (non-hydrogen) atoms. The lowest BCUT2D eigenvalue weighted by Gasteiger charge is -2.26. The quantitative estimate of drug-likeness (QED) is 0.661. The normalized spacial score (nSPS) is 17.1. The number of nitrogens with zero attached hydrogens (tertiary/aromatic N) is 1. The Balaban J connectivity index is 2.35. The van der Waals surface area contributed by atoms with Gasteiger partial charge in [0.2, 0.25) is 5.91 Å². The number of rotatable bonds is 3. The van der Waals surface area contributed by atoms with Crippen molar-refractivity contribution < 1.29 is 9.90 Å². The van der Waals surface area contributed by atoms with Gasteiger partial charge >= 0.3 is 0 Å². The van der Waals surface area contributed by atoms with Gasteiger partial charge in [0, 0.05) is 26.1 Å². The topological polar surface area (TPSA) is 40.5 Å². The monoisotopic (exact) mass is 183 g/mol. The van der Waals surface area contributed by atoms with Crippen molar-refractivity contribution in [1.82, 2.24) is 4.90 Å². The summed E-state index contributed by atoms with van der Waals surface area (Å²) < 4.78 is 0. The van der Waals surface area contributed by atoms with E-state index < -0.39 is 0 Å². The average Bonchev–Trinajstić information content (AvgIpc) is 2.14. The van der Waals surface area contributed by atoms with E-state index in [0.717, 1.165) is 19.5 Å². The van der Waals surface area contributed by atoms with Gasteiger partial charge in [-0.25, -0.2) is 0 Å². The van der Waals surface area contributed by atoms with Crippen molar-refractivity contribution in [1.29, 1.82) is 0 Å². The van der Waals surface area contributed by atoms with E-state index >= 15 is 0 Å². The molecule has 3 nitrogen and oxygen atoms in total. The summed E-state index contributed by atoms with van der Waals surface area (Å²) in [4.78, 5) is 13.4. The summed E-state index contributed by atoms with van der Waals surface area (Å²) in [6.07, 6.45) is 4.20. The van der Waals surface area contributed by atoms with Crippen molar-refractivity contribution in [3.8, 4) is 0 Å². The molecule has 1 aliphatic rings. The first kappa shape index (κ1) is 10.3. The van der Waals surface area contributed by atoms with Crippen molar-refractivity contribution in [2.24, 2.45) is 0 Å². The van der Waals surface area contributed by atoms with Gasteiger partial charge in [-0.2, -0.15) is 0 Å². The Bertz CT molecular complexity index is 211. The fourth-order valence-corrected chi connectivity index (χ4v) is 1.51. The summed E-state index contributed by atoms with van der Waals surface area (Å²) in [5, 5.41) is 8.58. The Morgan fingerprint density at radius 2 is 2.46 bits per heavy atom. The number of hydrogen-bond donors (Lipinski definition) is 1. The van der Waals surface area contributed by atoms with Gasteiger partial charge in [-0.1, -0.05) is 11.6 Å². The maximum atomic E-state index is 11.5. The van der Waals surface area contributed by atoms with E-state index in [1.165, 1.54) is 5.57 Å². The van der Waals surface area contributed by atoms with Crippen molar-refractivity contribution >= 4 is 5.91 Å². The number of aliphatic hydroxyl groups is 1. The summed E-state index contributed by atoms with van der Waals surface area (Å²) >= 11 is 0. The Kier molecular flexibility index (Phi) is 3.96. The molecule has 74 valence electrons. The van der Waals surface area contributed by atoms with Crippen LogP contribution in [0.25, 0.3) is 0 Å². The molecule has 0 saturated heterocycles. The Morgan fingerprint density at radius 3 is 3.08 bits per heavy atom. The summed E-state index contributed by atoms with van der Waals surface area (Å²) in [6, 6.07) is 0. The molecule has 0 bridgehead atoms. The highest BCUT2D eigenvalue weighted by molar-refractivity contribution is 5.76. The molecule has 0 spiro atoms. The van der Waals surface area contributed by atoms with Crippen LogP contribution in [0.15, 0.2) is 11.6 Å². The third-order valence-corrected chi connectivity index (χ3v) is 2.23. The number of carbonyl (C=O) groups is 1. The maximum absolute atomic E-state index is 11.5. The minimum atomic E-state index is 0.106. The SMILES string of the molecule is CC1=CCCN(C(=O)CCCO)C1. The van der Waals surface area contributed by atoms with Crippen molar-refractivity contribution in [3.05, 3.63) is 11.6 Å².